The molecule has 0 atom stereocenters. The van der Waals surface area contributed by atoms with Crippen LogP contribution in [0.5, 0.6) is 5.75 Å². The minimum atomic E-state index is -0.227. The lowest BCUT2D eigenvalue weighted by molar-refractivity contribution is 0.230. The normalized spacial score (nSPS) is 9.53. The van der Waals surface area contributed by atoms with Gasteiger partial charge in [0, 0.05) is 20.2 Å². The maximum atomic E-state index is 11.4. The van der Waals surface area contributed by atoms with Gasteiger partial charge >= 0.3 is 6.03 Å². The van der Waals surface area contributed by atoms with Gasteiger partial charge in [0.1, 0.15) is 5.75 Å². The molecule has 0 aliphatic carbocycles. The number of hydrogen-bond acceptors (Lipinski definition) is 3. The second-order valence-corrected chi connectivity index (χ2v) is 3.28. The Balaban J connectivity index is 2.88. The van der Waals surface area contributed by atoms with Crippen molar-refractivity contribution in [3.8, 4) is 5.75 Å². The number of urea groups is 1. The minimum Gasteiger partial charge on any atom is -0.497 e. The fourth-order valence-corrected chi connectivity index (χ4v) is 0.998. The Hall–Kier alpha value is -1.91. The van der Waals surface area contributed by atoms with Gasteiger partial charge in [-0.1, -0.05) is 0 Å². The van der Waals surface area contributed by atoms with Crippen LogP contribution in [-0.4, -0.2) is 32.1 Å². The molecule has 1 aromatic rings. The van der Waals surface area contributed by atoms with E-state index in [1.807, 2.05) is 0 Å². The van der Waals surface area contributed by atoms with Crippen molar-refractivity contribution in [3.63, 3.8) is 0 Å². The molecule has 0 spiro atoms. The first-order valence-corrected chi connectivity index (χ1v) is 4.46. The molecule has 15 heavy (non-hydrogen) atoms. The summed E-state index contributed by atoms with van der Waals surface area (Å²) in [5.74, 6) is 0.651. The average molecular weight is 209 g/mol. The molecule has 0 aliphatic rings. The maximum Gasteiger partial charge on any atom is 0.321 e. The fourth-order valence-electron chi connectivity index (χ4n) is 0.998. The van der Waals surface area contributed by atoms with Gasteiger partial charge in [0.2, 0.25) is 0 Å². The van der Waals surface area contributed by atoms with Crippen molar-refractivity contribution in [1.29, 1.82) is 0 Å². The molecule has 0 heterocycles. The van der Waals surface area contributed by atoms with Crippen LogP contribution in [0.1, 0.15) is 0 Å². The van der Waals surface area contributed by atoms with Crippen LogP contribution in [0, 0.1) is 0 Å². The van der Waals surface area contributed by atoms with Crippen LogP contribution in [0.25, 0.3) is 0 Å². The number of anilines is 2. The molecule has 0 aliphatic heterocycles. The maximum absolute atomic E-state index is 11.4. The van der Waals surface area contributed by atoms with E-state index < -0.39 is 0 Å². The van der Waals surface area contributed by atoms with E-state index in [9.17, 15) is 4.79 Å². The van der Waals surface area contributed by atoms with Gasteiger partial charge < -0.3 is 20.7 Å². The van der Waals surface area contributed by atoms with Gasteiger partial charge in [-0.25, -0.2) is 4.79 Å². The van der Waals surface area contributed by atoms with Crippen LogP contribution in [0.15, 0.2) is 18.2 Å². The van der Waals surface area contributed by atoms with Crippen LogP contribution in [0.4, 0.5) is 16.2 Å². The molecule has 2 amide bonds. The SMILES string of the molecule is COc1ccc(N)c(NC(=O)N(C)C)c1. The van der Waals surface area contributed by atoms with Crippen LogP contribution >= 0.6 is 0 Å². The molecular weight excluding hydrogens is 194 g/mol. The lowest BCUT2D eigenvalue weighted by Gasteiger charge is -2.14. The number of nitrogens with two attached hydrogens (primary N) is 1. The number of rotatable bonds is 2. The van der Waals surface area contributed by atoms with Crippen molar-refractivity contribution >= 4 is 17.4 Å². The van der Waals surface area contributed by atoms with Crippen molar-refractivity contribution in [2.24, 2.45) is 0 Å². The highest BCUT2D eigenvalue weighted by molar-refractivity contribution is 5.92. The summed E-state index contributed by atoms with van der Waals surface area (Å²) in [6.07, 6.45) is 0. The standard InChI is InChI=1S/C10H15N3O2/c1-13(2)10(14)12-9-6-7(15-3)4-5-8(9)11/h4-6H,11H2,1-3H3,(H,12,14). The lowest BCUT2D eigenvalue weighted by Crippen LogP contribution is -2.27. The van der Waals surface area contributed by atoms with Crippen molar-refractivity contribution in [2.75, 3.05) is 32.3 Å². The average Bonchev–Trinajstić information content (AvgIpc) is 2.21. The van der Waals surface area contributed by atoms with E-state index in [-0.39, 0.29) is 6.03 Å². The predicted octanol–water partition coefficient (Wildman–Crippen LogP) is 1.37. The van der Waals surface area contributed by atoms with Crippen molar-refractivity contribution in [3.05, 3.63) is 18.2 Å². The number of ether oxygens (including phenoxy) is 1. The Bertz CT molecular complexity index is 364. The summed E-state index contributed by atoms with van der Waals surface area (Å²) in [4.78, 5) is 12.8. The molecule has 82 valence electrons. The van der Waals surface area contributed by atoms with E-state index in [4.69, 9.17) is 10.5 Å². The summed E-state index contributed by atoms with van der Waals surface area (Å²) in [6.45, 7) is 0. The number of nitrogen functional groups attached to an aromatic ring is 1. The molecular formula is C10H15N3O2. The number of nitrogens with one attached hydrogen (secondary N) is 1. The van der Waals surface area contributed by atoms with Crippen molar-refractivity contribution < 1.29 is 9.53 Å². The third-order valence-electron chi connectivity index (χ3n) is 1.91. The van der Waals surface area contributed by atoms with Gasteiger partial charge in [0.05, 0.1) is 18.5 Å². The smallest absolute Gasteiger partial charge is 0.321 e. The summed E-state index contributed by atoms with van der Waals surface area (Å²) in [5, 5.41) is 2.67. The molecule has 0 aromatic heterocycles. The summed E-state index contributed by atoms with van der Waals surface area (Å²) >= 11 is 0. The number of carbonyl (C=O) groups is 1. The van der Waals surface area contributed by atoms with Gasteiger partial charge in [-0.2, -0.15) is 0 Å². The van der Waals surface area contributed by atoms with E-state index in [0.29, 0.717) is 17.1 Å². The lowest BCUT2D eigenvalue weighted by atomic mass is 10.2. The molecule has 0 saturated heterocycles. The number of benzene rings is 1. The molecule has 5 heteroatoms. The number of carbonyl (C=O) groups excluding carboxylic acids is 1. The third-order valence-corrected chi connectivity index (χ3v) is 1.91. The molecule has 0 radical (unpaired) electrons. The molecule has 0 unspecified atom stereocenters. The highest BCUT2D eigenvalue weighted by atomic mass is 16.5. The zero-order valence-corrected chi connectivity index (χ0v) is 9.07. The summed E-state index contributed by atoms with van der Waals surface area (Å²) in [7, 11) is 4.88. The Morgan fingerprint density at radius 1 is 1.47 bits per heavy atom. The molecule has 0 bridgehead atoms. The van der Waals surface area contributed by atoms with Crippen molar-refractivity contribution in [1.82, 2.24) is 4.90 Å². The van der Waals surface area contributed by atoms with E-state index in [2.05, 4.69) is 5.32 Å². The molecule has 1 aromatic carbocycles. The molecule has 3 N–H and O–H groups in total. The zero-order valence-electron chi connectivity index (χ0n) is 9.07. The Kier molecular flexibility index (Phi) is 3.38. The second kappa shape index (κ2) is 4.54. The Morgan fingerprint density at radius 3 is 2.67 bits per heavy atom. The largest absolute Gasteiger partial charge is 0.497 e. The Labute approximate surface area is 88.8 Å². The van der Waals surface area contributed by atoms with E-state index >= 15 is 0 Å². The van der Waals surface area contributed by atoms with Crippen LogP contribution in [0.3, 0.4) is 0 Å². The van der Waals surface area contributed by atoms with Gasteiger partial charge in [-0.15, -0.1) is 0 Å². The Morgan fingerprint density at radius 2 is 2.13 bits per heavy atom. The van der Waals surface area contributed by atoms with Gasteiger partial charge in [-0.3, -0.25) is 0 Å². The molecule has 0 saturated carbocycles. The first-order valence-electron chi connectivity index (χ1n) is 4.46. The van der Waals surface area contributed by atoms with Crippen LogP contribution < -0.4 is 15.8 Å². The minimum absolute atomic E-state index is 0.227. The first kappa shape index (κ1) is 11.2. The fraction of sp³-hybridized carbons (Fsp3) is 0.300. The number of hydrogen-bond donors (Lipinski definition) is 2. The van der Waals surface area contributed by atoms with Crippen LogP contribution in [-0.2, 0) is 0 Å². The monoisotopic (exact) mass is 209 g/mol. The quantitative estimate of drug-likeness (QED) is 0.723. The van der Waals surface area contributed by atoms with E-state index in [1.165, 1.54) is 4.90 Å². The van der Waals surface area contributed by atoms with Gasteiger partial charge in [0.15, 0.2) is 0 Å². The van der Waals surface area contributed by atoms with Crippen LogP contribution in [0.2, 0.25) is 0 Å². The summed E-state index contributed by atoms with van der Waals surface area (Å²) < 4.78 is 5.03. The number of methoxy groups -OCH3 is 1. The van der Waals surface area contributed by atoms with Gasteiger partial charge in [-0.05, 0) is 12.1 Å². The molecule has 0 fully saturated rings. The van der Waals surface area contributed by atoms with Crippen molar-refractivity contribution in [2.45, 2.75) is 0 Å². The highest BCUT2D eigenvalue weighted by Crippen LogP contribution is 2.24. The topological polar surface area (TPSA) is 67.6 Å². The number of nitrogens with zero attached hydrogens (tertiary/aromatic N) is 1. The highest BCUT2D eigenvalue weighted by Gasteiger charge is 2.07. The second-order valence-electron chi connectivity index (χ2n) is 3.28. The first-order chi connectivity index (χ1) is 7.04. The third kappa shape index (κ3) is 2.77. The van der Waals surface area contributed by atoms with E-state index in [1.54, 1.807) is 39.4 Å². The van der Waals surface area contributed by atoms with Gasteiger partial charge in [0.25, 0.3) is 0 Å². The number of amides is 2. The molecule has 1 rings (SSSR count). The summed E-state index contributed by atoms with van der Waals surface area (Å²) in [5.41, 5.74) is 6.76. The predicted molar refractivity (Wildman–Crippen MR) is 60.1 cm³/mol. The summed E-state index contributed by atoms with van der Waals surface area (Å²) in [6, 6.07) is 4.87. The van der Waals surface area contributed by atoms with E-state index in [0.717, 1.165) is 0 Å². The molecule has 5 nitrogen and oxygen atoms in total. The zero-order chi connectivity index (χ0) is 11.4.